The van der Waals surface area contributed by atoms with Crippen LogP contribution in [0.5, 0.6) is 0 Å². The van der Waals surface area contributed by atoms with Gasteiger partial charge in [0.25, 0.3) is 0 Å². The summed E-state index contributed by atoms with van der Waals surface area (Å²) >= 11 is 0. The predicted molar refractivity (Wildman–Crippen MR) is 35.8 cm³/mol. The summed E-state index contributed by atoms with van der Waals surface area (Å²) in [5.41, 5.74) is -3.48. The van der Waals surface area contributed by atoms with Crippen molar-refractivity contribution in [3.05, 3.63) is 0 Å². The fourth-order valence-electron chi connectivity index (χ4n) is 1.22. The Kier molecular flexibility index (Phi) is 2.37. The van der Waals surface area contributed by atoms with Crippen LogP contribution in [0.2, 0.25) is 0 Å². The quantitative estimate of drug-likeness (QED) is 0.675. The summed E-state index contributed by atoms with van der Waals surface area (Å²) < 4.78 is 91.4. The van der Waals surface area contributed by atoms with Crippen molar-refractivity contribution in [1.82, 2.24) is 0 Å². The number of halogens is 7. The van der Waals surface area contributed by atoms with Gasteiger partial charge in [0.05, 0.1) is 0 Å². The van der Waals surface area contributed by atoms with Crippen LogP contribution in [0.15, 0.2) is 0 Å². The number of rotatable bonds is 0. The Labute approximate surface area is 85.0 Å². The van der Waals surface area contributed by atoms with Gasteiger partial charge in [-0.15, -0.1) is 0 Å². The maximum atomic E-state index is 13.2. The maximum Gasteiger partial charge on any atom is 0.449 e. The molecule has 1 aliphatic heterocycles. The van der Waals surface area contributed by atoms with Crippen molar-refractivity contribution in [2.75, 3.05) is 0 Å². The zero-order valence-electron chi connectivity index (χ0n) is 8.00. The van der Waals surface area contributed by atoms with Crippen LogP contribution >= 0.6 is 0 Å². The van der Waals surface area contributed by atoms with E-state index in [0.29, 0.717) is 0 Å². The van der Waals surface area contributed by atoms with Crippen molar-refractivity contribution in [2.45, 2.75) is 37.8 Å². The molecule has 0 aliphatic carbocycles. The van der Waals surface area contributed by atoms with E-state index >= 15 is 0 Å². The highest BCUT2D eigenvalue weighted by molar-refractivity contribution is 5.10. The van der Waals surface area contributed by atoms with Gasteiger partial charge < -0.3 is 5.11 Å². The lowest BCUT2D eigenvalue weighted by molar-refractivity contribution is -0.433. The molecule has 16 heavy (non-hydrogen) atoms. The highest BCUT2D eigenvalue weighted by Gasteiger charge is 2.88. The monoisotopic (exact) mass is 256 g/mol. The number of ether oxygens (including phenoxy) is 1. The average molecular weight is 256 g/mol. The lowest BCUT2D eigenvalue weighted by Gasteiger charge is -2.33. The highest BCUT2D eigenvalue weighted by Crippen LogP contribution is 2.64. The van der Waals surface area contributed by atoms with Gasteiger partial charge >= 0.3 is 24.0 Å². The third kappa shape index (κ3) is 1.21. The molecule has 0 aromatic carbocycles. The fraction of sp³-hybridized carbons (Fsp3) is 1.00. The first kappa shape index (κ1) is 13.5. The molecule has 0 radical (unpaired) electrons. The Morgan fingerprint density at radius 1 is 1.00 bits per heavy atom. The summed E-state index contributed by atoms with van der Waals surface area (Å²) in [5, 5.41) is 8.65. The largest absolute Gasteiger partial charge is 0.449 e. The van der Waals surface area contributed by atoms with Crippen LogP contribution in [0.1, 0.15) is 13.8 Å². The lowest BCUT2D eigenvalue weighted by Crippen LogP contribution is -2.59. The minimum atomic E-state index is -6.03. The van der Waals surface area contributed by atoms with Crippen molar-refractivity contribution in [3.63, 3.8) is 0 Å². The fourth-order valence-corrected chi connectivity index (χ4v) is 1.22. The maximum absolute atomic E-state index is 13.2. The van der Waals surface area contributed by atoms with E-state index in [1.54, 1.807) is 0 Å². The number of aliphatic hydroxyl groups is 1. The molecule has 96 valence electrons. The Bertz CT molecular complexity index is 308. The molecule has 0 bridgehead atoms. The Hall–Kier alpha value is -0.570. The van der Waals surface area contributed by atoms with E-state index in [0.717, 1.165) is 0 Å². The summed E-state index contributed by atoms with van der Waals surface area (Å²) in [6.45, 7) is 0.355. The van der Waals surface area contributed by atoms with Crippen molar-refractivity contribution in [3.8, 4) is 0 Å². The van der Waals surface area contributed by atoms with Crippen molar-refractivity contribution in [2.24, 2.45) is 5.41 Å². The molecule has 1 saturated heterocycles. The molecule has 1 atom stereocenters. The van der Waals surface area contributed by atoms with Crippen molar-refractivity contribution < 1.29 is 40.6 Å². The van der Waals surface area contributed by atoms with E-state index in [1.807, 2.05) is 0 Å². The zero-order valence-corrected chi connectivity index (χ0v) is 8.00. The third-order valence-electron chi connectivity index (χ3n) is 2.60. The topological polar surface area (TPSA) is 29.5 Å². The molecule has 1 unspecified atom stereocenters. The molecule has 9 heteroatoms. The summed E-state index contributed by atoms with van der Waals surface area (Å²) in [4.78, 5) is 0. The molecule has 1 N–H and O–H groups in total. The van der Waals surface area contributed by atoms with Crippen LogP contribution in [0.3, 0.4) is 0 Å². The van der Waals surface area contributed by atoms with E-state index in [2.05, 4.69) is 4.74 Å². The summed E-state index contributed by atoms with van der Waals surface area (Å²) in [7, 11) is 0. The molecule has 0 aromatic rings. The Balaban J connectivity index is 3.41. The molecule has 0 saturated carbocycles. The van der Waals surface area contributed by atoms with Crippen molar-refractivity contribution in [1.29, 1.82) is 0 Å². The van der Waals surface area contributed by atoms with Gasteiger partial charge in [0.15, 0.2) is 0 Å². The standard InChI is InChI=1S/C7H7F7O2/c1-3(2)4(8,9)5(15,6(10,11)12)16-7(3,13)14/h15H,1-2H3. The van der Waals surface area contributed by atoms with E-state index in [-0.39, 0.29) is 13.8 Å². The van der Waals surface area contributed by atoms with Gasteiger partial charge in [-0.3, -0.25) is 4.74 Å². The van der Waals surface area contributed by atoms with Gasteiger partial charge in [-0.1, -0.05) is 0 Å². The molecule has 1 heterocycles. The molecule has 2 nitrogen and oxygen atoms in total. The van der Waals surface area contributed by atoms with Crippen LogP contribution in [0.25, 0.3) is 0 Å². The first-order chi connectivity index (χ1) is 6.71. The summed E-state index contributed by atoms with van der Waals surface area (Å²) in [6, 6.07) is 0. The van der Waals surface area contributed by atoms with E-state index in [4.69, 9.17) is 5.11 Å². The molecule has 0 aromatic heterocycles. The van der Waals surface area contributed by atoms with E-state index in [9.17, 15) is 30.7 Å². The second kappa shape index (κ2) is 2.81. The molecule has 0 spiro atoms. The first-order valence-electron chi connectivity index (χ1n) is 3.95. The van der Waals surface area contributed by atoms with Gasteiger partial charge in [0.2, 0.25) is 0 Å². The molecular formula is C7H7F7O2. The predicted octanol–water partition coefficient (Wildman–Crippen LogP) is 2.52. The van der Waals surface area contributed by atoms with Gasteiger partial charge in [0.1, 0.15) is 5.41 Å². The smallest absolute Gasteiger partial charge is 0.354 e. The van der Waals surface area contributed by atoms with Crippen LogP contribution < -0.4 is 0 Å². The third-order valence-corrected chi connectivity index (χ3v) is 2.60. The van der Waals surface area contributed by atoms with Gasteiger partial charge in [-0.25, -0.2) is 0 Å². The van der Waals surface area contributed by atoms with Crippen LogP contribution in [0, 0.1) is 5.41 Å². The number of hydrogen-bond acceptors (Lipinski definition) is 2. The van der Waals surface area contributed by atoms with Crippen LogP contribution in [-0.2, 0) is 4.74 Å². The second-order valence-corrected chi connectivity index (χ2v) is 3.96. The Morgan fingerprint density at radius 3 is 1.50 bits per heavy atom. The second-order valence-electron chi connectivity index (χ2n) is 3.96. The van der Waals surface area contributed by atoms with Gasteiger partial charge in [-0.2, -0.15) is 30.7 Å². The van der Waals surface area contributed by atoms with Crippen LogP contribution in [-0.4, -0.2) is 29.1 Å². The Morgan fingerprint density at radius 2 is 1.38 bits per heavy atom. The molecule has 1 aliphatic rings. The van der Waals surface area contributed by atoms with E-state index < -0.39 is 29.4 Å². The molecule has 1 rings (SSSR count). The lowest BCUT2D eigenvalue weighted by atomic mass is 9.82. The normalized spacial score (nSPS) is 36.4. The van der Waals surface area contributed by atoms with Crippen molar-refractivity contribution >= 4 is 0 Å². The average Bonchev–Trinajstić information content (AvgIpc) is 2.07. The van der Waals surface area contributed by atoms with Crippen LogP contribution in [0.4, 0.5) is 30.7 Å². The highest BCUT2D eigenvalue weighted by atomic mass is 19.4. The van der Waals surface area contributed by atoms with Gasteiger partial charge in [0, 0.05) is 0 Å². The molecular weight excluding hydrogens is 249 g/mol. The van der Waals surface area contributed by atoms with E-state index in [1.165, 1.54) is 0 Å². The first-order valence-corrected chi connectivity index (χ1v) is 3.95. The number of hydrogen-bond donors (Lipinski definition) is 1. The minimum Gasteiger partial charge on any atom is -0.354 e. The molecule has 0 amide bonds. The molecule has 1 fully saturated rings. The summed E-state index contributed by atoms with van der Waals surface area (Å²) in [6.07, 6.45) is -10.8. The minimum absolute atomic E-state index is 0.177. The zero-order chi connectivity index (χ0) is 13.2. The SMILES string of the molecule is CC1(C)C(F)(F)OC(O)(C(F)(F)F)C1(F)F. The van der Waals surface area contributed by atoms with Gasteiger partial charge in [-0.05, 0) is 13.8 Å². The summed E-state index contributed by atoms with van der Waals surface area (Å²) in [5.74, 6) is -10.4. The number of alkyl halides is 7.